The van der Waals surface area contributed by atoms with Crippen LogP contribution in [0, 0.1) is 5.82 Å². The summed E-state index contributed by atoms with van der Waals surface area (Å²) >= 11 is 0. The fraction of sp³-hybridized carbons (Fsp3) is 0.409. The lowest BCUT2D eigenvalue weighted by atomic mass is 10.1. The van der Waals surface area contributed by atoms with Crippen LogP contribution < -0.4 is 9.21 Å². The number of hydrogen-bond acceptors (Lipinski definition) is 4. The summed E-state index contributed by atoms with van der Waals surface area (Å²) in [6.07, 6.45) is -3.27. The van der Waals surface area contributed by atoms with Crippen molar-refractivity contribution in [3.8, 4) is 0 Å². The van der Waals surface area contributed by atoms with Crippen LogP contribution in [0.5, 0.6) is 0 Å². The first kappa shape index (κ1) is 24.8. The van der Waals surface area contributed by atoms with Gasteiger partial charge in [0.15, 0.2) is 0 Å². The molecule has 1 atom stereocenters. The van der Waals surface area contributed by atoms with Gasteiger partial charge in [-0.15, -0.1) is 0 Å². The molecule has 6 nitrogen and oxygen atoms in total. The molecule has 0 unspecified atom stereocenters. The quantitative estimate of drug-likeness (QED) is 0.583. The van der Waals surface area contributed by atoms with Crippen molar-refractivity contribution in [2.24, 2.45) is 0 Å². The number of carbonyl (C=O) groups is 1. The number of anilines is 2. The van der Waals surface area contributed by atoms with Gasteiger partial charge < -0.3 is 9.80 Å². The molecule has 1 saturated heterocycles. The van der Waals surface area contributed by atoms with E-state index in [1.54, 1.807) is 17.9 Å². The Morgan fingerprint density at radius 1 is 1.06 bits per heavy atom. The third-order valence-corrected chi connectivity index (χ3v) is 6.70. The van der Waals surface area contributed by atoms with Gasteiger partial charge in [0.25, 0.3) is 0 Å². The highest BCUT2D eigenvalue weighted by Gasteiger charge is 2.36. The highest BCUT2D eigenvalue weighted by molar-refractivity contribution is 7.92. The van der Waals surface area contributed by atoms with Crippen molar-refractivity contribution in [2.75, 3.05) is 41.6 Å². The lowest BCUT2D eigenvalue weighted by Gasteiger charge is -2.39. The van der Waals surface area contributed by atoms with Crippen LogP contribution in [0.2, 0.25) is 0 Å². The minimum absolute atomic E-state index is 0.182. The van der Waals surface area contributed by atoms with Crippen LogP contribution in [-0.2, 0) is 21.0 Å². The van der Waals surface area contributed by atoms with Crippen molar-refractivity contribution in [1.29, 1.82) is 0 Å². The van der Waals surface area contributed by atoms with Crippen LogP contribution in [0.3, 0.4) is 0 Å². The van der Waals surface area contributed by atoms with E-state index in [1.807, 2.05) is 0 Å². The van der Waals surface area contributed by atoms with Gasteiger partial charge in [0.2, 0.25) is 15.9 Å². The molecular formula is C22H25F4N3O3S. The molecule has 1 aliphatic heterocycles. The standard InChI is InChI=1S/C22H25F4N3O3S/c1-3-20(29(33(2,31)32)18-9-7-17(23)8-10-18)21(30)28-13-11-27(12-14-28)19-6-4-5-16(15-19)22(24,25)26/h4-10,15,20H,3,11-14H2,1-2H3/t20-/m1/s1. The Bertz CT molecular complexity index is 1080. The number of rotatable bonds is 6. The van der Waals surface area contributed by atoms with Gasteiger partial charge in [0.05, 0.1) is 17.5 Å². The summed E-state index contributed by atoms with van der Waals surface area (Å²) in [4.78, 5) is 16.5. The van der Waals surface area contributed by atoms with Crippen molar-refractivity contribution < 1.29 is 30.8 Å². The van der Waals surface area contributed by atoms with E-state index in [9.17, 15) is 30.8 Å². The molecule has 0 saturated carbocycles. The van der Waals surface area contributed by atoms with E-state index in [2.05, 4.69) is 0 Å². The van der Waals surface area contributed by atoms with Gasteiger partial charge in [0.1, 0.15) is 11.9 Å². The van der Waals surface area contributed by atoms with Gasteiger partial charge in [-0.3, -0.25) is 9.10 Å². The second-order valence-corrected chi connectivity index (χ2v) is 9.68. The van der Waals surface area contributed by atoms with Gasteiger partial charge >= 0.3 is 6.18 Å². The van der Waals surface area contributed by atoms with E-state index >= 15 is 0 Å². The van der Waals surface area contributed by atoms with Crippen molar-refractivity contribution in [1.82, 2.24) is 4.90 Å². The normalized spacial score (nSPS) is 15.9. The molecule has 11 heteroatoms. The maximum Gasteiger partial charge on any atom is 0.416 e. The van der Waals surface area contributed by atoms with Gasteiger partial charge in [0, 0.05) is 31.9 Å². The molecule has 0 bridgehead atoms. The number of nitrogens with zero attached hydrogens (tertiary/aromatic N) is 3. The predicted molar refractivity (Wildman–Crippen MR) is 118 cm³/mol. The fourth-order valence-corrected chi connectivity index (χ4v) is 5.11. The molecule has 180 valence electrons. The minimum atomic E-state index is -4.45. The van der Waals surface area contributed by atoms with Gasteiger partial charge in [-0.2, -0.15) is 13.2 Å². The number of halogens is 4. The Morgan fingerprint density at radius 2 is 1.67 bits per heavy atom. The largest absolute Gasteiger partial charge is 0.416 e. The molecule has 1 fully saturated rings. The van der Waals surface area contributed by atoms with Crippen LogP contribution in [-0.4, -0.2) is 57.7 Å². The average molecular weight is 488 g/mol. The summed E-state index contributed by atoms with van der Waals surface area (Å²) in [5, 5.41) is 0. The molecule has 2 aromatic rings. The van der Waals surface area contributed by atoms with Gasteiger partial charge in [-0.1, -0.05) is 13.0 Å². The van der Waals surface area contributed by atoms with E-state index < -0.39 is 39.5 Å². The second-order valence-electron chi connectivity index (χ2n) is 7.82. The SMILES string of the molecule is CC[C@H](C(=O)N1CCN(c2cccc(C(F)(F)F)c2)CC1)N(c1ccc(F)cc1)S(C)(=O)=O. The monoisotopic (exact) mass is 487 g/mol. The van der Waals surface area contributed by atoms with E-state index in [-0.39, 0.29) is 25.2 Å². The Hall–Kier alpha value is -2.82. The van der Waals surface area contributed by atoms with Gasteiger partial charge in [-0.25, -0.2) is 12.8 Å². The first-order valence-electron chi connectivity index (χ1n) is 10.4. The molecule has 1 aliphatic rings. The van der Waals surface area contributed by atoms with Crippen molar-refractivity contribution in [3.63, 3.8) is 0 Å². The molecule has 0 radical (unpaired) electrons. The van der Waals surface area contributed by atoms with E-state index in [1.165, 1.54) is 23.1 Å². The predicted octanol–water partition coefficient (Wildman–Crippen LogP) is 3.74. The zero-order valence-corrected chi connectivity index (χ0v) is 19.0. The molecule has 2 aromatic carbocycles. The zero-order chi connectivity index (χ0) is 24.4. The molecule has 0 aliphatic carbocycles. The number of carbonyl (C=O) groups excluding carboxylic acids is 1. The van der Waals surface area contributed by atoms with Crippen molar-refractivity contribution in [3.05, 3.63) is 59.9 Å². The molecule has 33 heavy (non-hydrogen) atoms. The maximum absolute atomic E-state index is 13.3. The Balaban J connectivity index is 1.76. The molecule has 0 N–H and O–H groups in total. The van der Waals surface area contributed by atoms with Crippen LogP contribution in [0.15, 0.2) is 48.5 Å². The first-order valence-corrected chi connectivity index (χ1v) is 12.2. The zero-order valence-electron chi connectivity index (χ0n) is 18.2. The van der Waals surface area contributed by atoms with Crippen LogP contribution in [0.1, 0.15) is 18.9 Å². The summed E-state index contributed by atoms with van der Waals surface area (Å²) in [6.45, 7) is 2.75. The molecule has 1 amide bonds. The van der Waals surface area contributed by atoms with E-state index in [0.29, 0.717) is 18.8 Å². The fourth-order valence-electron chi connectivity index (χ4n) is 3.91. The summed E-state index contributed by atoms with van der Waals surface area (Å²) < 4.78 is 78.4. The van der Waals surface area contributed by atoms with Gasteiger partial charge in [-0.05, 0) is 48.9 Å². The lowest BCUT2D eigenvalue weighted by Crippen LogP contribution is -2.56. The number of benzene rings is 2. The first-order chi connectivity index (χ1) is 15.4. The van der Waals surface area contributed by atoms with Crippen molar-refractivity contribution in [2.45, 2.75) is 25.6 Å². The van der Waals surface area contributed by atoms with E-state index in [4.69, 9.17) is 0 Å². The Kier molecular flexibility index (Phi) is 7.20. The number of piperazine rings is 1. The van der Waals surface area contributed by atoms with Crippen molar-refractivity contribution >= 4 is 27.3 Å². The molecular weight excluding hydrogens is 462 g/mol. The average Bonchev–Trinajstić information content (AvgIpc) is 2.76. The van der Waals surface area contributed by atoms with Crippen LogP contribution in [0.25, 0.3) is 0 Å². The summed E-state index contributed by atoms with van der Waals surface area (Å²) in [5.74, 6) is -0.937. The smallest absolute Gasteiger partial charge is 0.368 e. The molecule has 3 rings (SSSR count). The number of sulfonamides is 1. The highest BCUT2D eigenvalue weighted by Crippen LogP contribution is 2.32. The topological polar surface area (TPSA) is 60.9 Å². The third kappa shape index (κ3) is 5.76. The number of amides is 1. The second kappa shape index (κ2) is 9.58. The third-order valence-electron chi connectivity index (χ3n) is 5.52. The Morgan fingerprint density at radius 3 is 2.18 bits per heavy atom. The minimum Gasteiger partial charge on any atom is -0.368 e. The Labute approximate surface area is 190 Å². The number of hydrogen-bond donors (Lipinski definition) is 0. The number of alkyl halides is 3. The summed E-state index contributed by atoms with van der Waals surface area (Å²) in [7, 11) is -3.85. The highest BCUT2D eigenvalue weighted by atomic mass is 32.2. The van der Waals surface area contributed by atoms with Crippen LogP contribution in [0.4, 0.5) is 28.9 Å². The lowest BCUT2D eigenvalue weighted by molar-refractivity contribution is -0.137. The van der Waals surface area contributed by atoms with E-state index in [0.717, 1.165) is 34.8 Å². The van der Waals surface area contributed by atoms with Crippen LogP contribution >= 0.6 is 0 Å². The summed E-state index contributed by atoms with van der Waals surface area (Å²) in [6, 6.07) is 8.84. The molecule has 0 aromatic heterocycles. The molecule has 1 heterocycles. The molecule has 0 spiro atoms. The maximum atomic E-state index is 13.3. The summed E-state index contributed by atoms with van der Waals surface area (Å²) in [5.41, 5.74) is -0.151.